The maximum atomic E-state index is 13.5. The van der Waals surface area contributed by atoms with Crippen LogP contribution in [-0.4, -0.2) is 37.9 Å². The molecule has 168 valence electrons. The number of fused-ring (bicyclic) bond motifs is 1. The van der Waals surface area contributed by atoms with E-state index in [0.717, 1.165) is 11.1 Å². The number of hydrogen-bond acceptors (Lipinski definition) is 5. The predicted octanol–water partition coefficient (Wildman–Crippen LogP) is 3.04. The normalized spacial score (nSPS) is 11.8. The van der Waals surface area contributed by atoms with Crippen LogP contribution in [0.2, 0.25) is 0 Å². The van der Waals surface area contributed by atoms with Crippen molar-refractivity contribution in [3.63, 3.8) is 0 Å². The van der Waals surface area contributed by atoms with Gasteiger partial charge in [0.25, 0.3) is 17.6 Å². The molecule has 2 aromatic heterocycles. The Labute approximate surface area is 189 Å². The van der Waals surface area contributed by atoms with Crippen molar-refractivity contribution in [3.8, 4) is 0 Å². The van der Waals surface area contributed by atoms with Gasteiger partial charge in [-0.25, -0.2) is 9.37 Å². The molecule has 2 aromatic carbocycles. The van der Waals surface area contributed by atoms with Crippen LogP contribution in [0.5, 0.6) is 0 Å². The molecule has 0 bridgehead atoms. The lowest BCUT2D eigenvalue weighted by atomic mass is 10.0. The number of nitrogens with zero attached hydrogens (tertiary/aromatic N) is 4. The molecule has 9 heteroatoms. The van der Waals surface area contributed by atoms with E-state index in [9.17, 15) is 14.0 Å². The van der Waals surface area contributed by atoms with Crippen LogP contribution < -0.4 is 10.6 Å². The van der Waals surface area contributed by atoms with Gasteiger partial charge in [0.15, 0.2) is 0 Å². The zero-order chi connectivity index (χ0) is 23.4. The number of aryl methyl sites for hydroxylation is 1. The van der Waals surface area contributed by atoms with Gasteiger partial charge in [0, 0.05) is 19.2 Å². The molecule has 0 aliphatic rings. The lowest BCUT2D eigenvalue weighted by Crippen LogP contribution is -2.31. The summed E-state index contributed by atoms with van der Waals surface area (Å²) in [6.45, 7) is 4.27. The minimum absolute atomic E-state index is 0.0376. The molecular formula is C24H23FN6O2. The first-order valence-electron chi connectivity index (χ1n) is 10.5. The monoisotopic (exact) mass is 446 g/mol. The smallest absolute Gasteiger partial charge is 0.270 e. The first kappa shape index (κ1) is 22.1. The van der Waals surface area contributed by atoms with Gasteiger partial charge in [-0.15, -0.1) is 0 Å². The van der Waals surface area contributed by atoms with Crippen molar-refractivity contribution in [2.75, 3.05) is 6.54 Å². The van der Waals surface area contributed by atoms with Crippen molar-refractivity contribution in [1.82, 2.24) is 30.2 Å². The summed E-state index contributed by atoms with van der Waals surface area (Å²) in [6, 6.07) is 15.9. The van der Waals surface area contributed by atoms with E-state index in [1.165, 1.54) is 23.0 Å². The number of carbonyl (C=O) groups excluding carboxylic acids is 2. The Balaban J connectivity index is 1.49. The molecule has 2 heterocycles. The van der Waals surface area contributed by atoms with Gasteiger partial charge in [-0.2, -0.15) is 14.6 Å². The highest BCUT2D eigenvalue weighted by Crippen LogP contribution is 2.14. The maximum absolute atomic E-state index is 13.5. The fraction of sp³-hybridized carbons (Fsp3) is 0.208. The second-order valence-electron chi connectivity index (χ2n) is 7.79. The summed E-state index contributed by atoms with van der Waals surface area (Å²) in [5.74, 6) is -0.930. The van der Waals surface area contributed by atoms with Crippen LogP contribution in [0, 0.1) is 12.7 Å². The molecule has 1 atom stereocenters. The minimum atomic E-state index is -0.478. The molecule has 4 aromatic rings. The van der Waals surface area contributed by atoms with Crippen LogP contribution in [-0.2, 0) is 6.54 Å². The van der Waals surface area contributed by atoms with Gasteiger partial charge in [-0.3, -0.25) is 9.59 Å². The molecule has 0 unspecified atom stereocenters. The van der Waals surface area contributed by atoms with E-state index in [1.807, 2.05) is 37.3 Å². The summed E-state index contributed by atoms with van der Waals surface area (Å²) in [6.07, 6.45) is 1.27. The van der Waals surface area contributed by atoms with Gasteiger partial charge in [-0.05, 0) is 35.6 Å². The third kappa shape index (κ3) is 5.03. The van der Waals surface area contributed by atoms with Crippen molar-refractivity contribution in [2.45, 2.75) is 26.3 Å². The molecule has 0 aliphatic heterocycles. The fourth-order valence-electron chi connectivity index (χ4n) is 3.42. The van der Waals surface area contributed by atoms with Crippen LogP contribution in [0.1, 0.15) is 50.5 Å². The predicted molar refractivity (Wildman–Crippen MR) is 120 cm³/mol. The van der Waals surface area contributed by atoms with E-state index in [2.05, 4.69) is 25.7 Å². The van der Waals surface area contributed by atoms with E-state index in [0.29, 0.717) is 12.1 Å². The molecule has 0 saturated heterocycles. The van der Waals surface area contributed by atoms with Gasteiger partial charge in [0.05, 0.1) is 0 Å². The van der Waals surface area contributed by atoms with E-state index in [4.69, 9.17) is 0 Å². The highest BCUT2D eigenvalue weighted by atomic mass is 19.1. The van der Waals surface area contributed by atoms with Crippen molar-refractivity contribution in [2.24, 2.45) is 0 Å². The van der Waals surface area contributed by atoms with Crippen LogP contribution in [0.4, 0.5) is 4.39 Å². The Morgan fingerprint density at radius 1 is 1.06 bits per heavy atom. The molecule has 0 saturated carbocycles. The molecule has 33 heavy (non-hydrogen) atoms. The van der Waals surface area contributed by atoms with E-state index in [-0.39, 0.29) is 41.4 Å². The minimum Gasteiger partial charge on any atom is -0.350 e. The number of benzene rings is 2. The van der Waals surface area contributed by atoms with E-state index in [1.54, 1.807) is 19.1 Å². The van der Waals surface area contributed by atoms with Gasteiger partial charge >= 0.3 is 0 Å². The number of carbonyl (C=O) groups is 2. The summed E-state index contributed by atoms with van der Waals surface area (Å²) in [5, 5.41) is 9.69. The van der Waals surface area contributed by atoms with Crippen molar-refractivity contribution in [1.29, 1.82) is 0 Å². The first-order valence-corrected chi connectivity index (χ1v) is 10.5. The quantitative estimate of drug-likeness (QED) is 0.454. The Hall–Kier alpha value is -4.14. The van der Waals surface area contributed by atoms with Crippen molar-refractivity contribution < 1.29 is 14.0 Å². The lowest BCUT2D eigenvalue weighted by Gasteiger charge is -2.14. The Kier molecular flexibility index (Phi) is 6.39. The number of nitrogens with one attached hydrogen (secondary N) is 2. The van der Waals surface area contributed by atoms with Gasteiger partial charge in [0.1, 0.15) is 23.5 Å². The number of aromatic nitrogens is 4. The van der Waals surface area contributed by atoms with Gasteiger partial charge in [-0.1, -0.05) is 49.4 Å². The summed E-state index contributed by atoms with van der Waals surface area (Å²) in [5.41, 5.74) is 2.54. The fourth-order valence-corrected chi connectivity index (χ4v) is 3.42. The highest BCUT2D eigenvalue weighted by molar-refractivity contribution is 5.98. The first-order chi connectivity index (χ1) is 15.9. The molecular weight excluding hydrogens is 423 g/mol. The van der Waals surface area contributed by atoms with Crippen molar-refractivity contribution >= 4 is 17.6 Å². The Morgan fingerprint density at radius 2 is 1.85 bits per heavy atom. The lowest BCUT2D eigenvalue weighted by molar-refractivity contribution is 0.0943. The second kappa shape index (κ2) is 9.56. The van der Waals surface area contributed by atoms with Gasteiger partial charge in [0.2, 0.25) is 0 Å². The average molecular weight is 446 g/mol. The third-order valence-electron chi connectivity index (χ3n) is 5.33. The van der Waals surface area contributed by atoms with Crippen LogP contribution in [0.15, 0.2) is 60.9 Å². The van der Waals surface area contributed by atoms with Crippen molar-refractivity contribution in [3.05, 3.63) is 94.8 Å². The van der Waals surface area contributed by atoms with Gasteiger partial charge < -0.3 is 10.6 Å². The molecule has 2 amide bonds. The highest BCUT2D eigenvalue weighted by Gasteiger charge is 2.19. The SMILES string of the molecule is Cc1cc(CNC(=O)c2cc(C(=O)NC[C@H](C)c3ccccc3)n3ncnc3n2)ccc1F. The van der Waals surface area contributed by atoms with Crippen LogP contribution in [0.3, 0.4) is 0 Å². The zero-order valence-electron chi connectivity index (χ0n) is 18.2. The summed E-state index contributed by atoms with van der Waals surface area (Å²) in [7, 11) is 0. The molecule has 0 radical (unpaired) electrons. The van der Waals surface area contributed by atoms with E-state index < -0.39 is 5.91 Å². The number of hydrogen-bond donors (Lipinski definition) is 2. The largest absolute Gasteiger partial charge is 0.350 e. The summed E-state index contributed by atoms with van der Waals surface area (Å²) >= 11 is 0. The summed E-state index contributed by atoms with van der Waals surface area (Å²) in [4.78, 5) is 33.9. The number of amides is 2. The Morgan fingerprint density at radius 3 is 2.61 bits per heavy atom. The van der Waals surface area contributed by atoms with Crippen LogP contribution in [0.25, 0.3) is 5.78 Å². The number of halogens is 1. The third-order valence-corrected chi connectivity index (χ3v) is 5.33. The molecule has 8 nitrogen and oxygen atoms in total. The average Bonchev–Trinajstić information content (AvgIpc) is 3.31. The molecule has 2 N–H and O–H groups in total. The Bertz CT molecular complexity index is 1310. The maximum Gasteiger partial charge on any atom is 0.270 e. The standard InChI is InChI=1S/C24H23FN6O2/c1-15-10-17(8-9-19(15)25)13-27-22(32)20-11-21(31-24(30-20)28-14-29-31)23(33)26-12-16(2)18-6-4-3-5-7-18/h3-11,14,16H,12-13H2,1-2H3,(H,26,33)(H,27,32)/t16-/m0/s1. The molecule has 4 rings (SSSR count). The van der Waals surface area contributed by atoms with Crippen LogP contribution >= 0.6 is 0 Å². The number of rotatable bonds is 7. The topological polar surface area (TPSA) is 101 Å². The zero-order valence-corrected chi connectivity index (χ0v) is 18.2. The molecule has 0 spiro atoms. The summed E-state index contributed by atoms with van der Waals surface area (Å²) < 4.78 is 14.8. The molecule has 0 fully saturated rings. The van der Waals surface area contributed by atoms with E-state index >= 15 is 0 Å². The molecule has 0 aliphatic carbocycles. The second-order valence-corrected chi connectivity index (χ2v) is 7.79.